The van der Waals surface area contributed by atoms with E-state index in [0.717, 1.165) is 6.04 Å². The van der Waals surface area contributed by atoms with Crippen LogP contribution in [0.1, 0.15) is 0 Å². The van der Waals surface area contributed by atoms with Gasteiger partial charge in [-0.15, -0.1) is 35.5 Å². The summed E-state index contributed by atoms with van der Waals surface area (Å²) in [6, 6.07) is 0.840. The molecule has 0 saturated heterocycles. The van der Waals surface area contributed by atoms with Crippen molar-refractivity contribution in [1.82, 2.24) is 0 Å². The van der Waals surface area contributed by atoms with Crippen LogP contribution in [0.4, 0.5) is 0 Å². The lowest BCUT2D eigenvalue weighted by Gasteiger charge is -1.90. The molecule has 0 aliphatic carbocycles. The predicted octanol–water partition coefficient (Wildman–Crippen LogP) is 2.06. The zero-order chi connectivity index (χ0) is 5.70. The van der Waals surface area contributed by atoms with Crippen molar-refractivity contribution in [3.63, 3.8) is 0 Å². The van der Waals surface area contributed by atoms with Crippen LogP contribution in [0, 0.1) is 0 Å². The average Bonchev–Trinajstić information content (AvgIpc) is 1.61. The first kappa shape index (κ1) is 7.54. The second kappa shape index (κ2) is 4.69. The highest BCUT2D eigenvalue weighted by molar-refractivity contribution is 6.51. The Hall–Kier alpha value is 0.537. The molecule has 0 aromatic heterocycles. The van der Waals surface area contributed by atoms with Crippen molar-refractivity contribution < 1.29 is 0 Å². The summed E-state index contributed by atoms with van der Waals surface area (Å²) in [5.41, 5.74) is 1.83. The van der Waals surface area contributed by atoms with E-state index in [0.29, 0.717) is 9.52 Å². The molecule has 0 bridgehead atoms. The highest BCUT2D eigenvalue weighted by atomic mass is 35.5. The zero-order valence-electron chi connectivity index (χ0n) is 3.82. The van der Waals surface area contributed by atoms with Crippen molar-refractivity contribution in [3.05, 3.63) is 12.3 Å². The third-order valence-corrected chi connectivity index (χ3v) is 2.18. The minimum absolute atomic E-state index is 0.212. The first-order valence-electron chi connectivity index (χ1n) is 1.90. The summed E-state index contributed by atoms with van der Waals surface area (Å²) >= 11 is 10.8. The van der Waals surface area contributed by atoms with Gasteiger partial charge in [0.05, 0.1) is 9.52 Å². The molecule has 0 spiro atoms. The van der Waals surface area contributed by atoms with Crippen LogP contribution >= 0.6 is 23.2 Å². The Labute approximate surface area is 56.3 Å². The summed E-state index contributed by atoms with van der Waals surface area (Å²) in [6.07, 6.45) is 0. The molecule has 0 aromatic rings. The van der Waals surface area contributed by atoms with Gasteiger partial charge in [-0.1, -0.05) is 0 Å². The molecule has 0 rings (SSSR count). The van der Waals surface area contributed by atoms with Crippen molar-refractivity contribution >= 4 is 32.7 Å². The van der Waals surface area contributed by atoms with Crippen LogP contribution in [0.25, 0.3) is 0 Å². The van der Waals surface area contributed by atoms with Crippen LogP contribution in [0.5, 0.6) is 0 Å². The number of rotatable bonds is 3. The third-order valence-electron chi connectivity index (χ3n) is 0.416. The molecule has 7 heavy (non-hydrogen) atoms. The number of hydrogen-bond acceptors (Lipinski definition) is 0. The quantitative estimate of drug-likeness (QED) is 0.430. The van der Waals surface area contributed by atoms with Gasteiger partial charge in [-0.2, -0.15) is 0 Å². The van der Waals surface area contributed by atoms with Gasteiger partial charge in [-0.3, -0.25) is 0 Å². The van der Waals surface area contributed by atoms with Crippen molar-refractivity contribution in [2.75, 3.05) is 0 Å². The second-order valence-corrected chi connectivity index (χ2v) is 3.51. The maximum atomic E-state index is 5.38. The first-order chi connectivity index (χ1) is 3.27. The summed E-state index contributed by atoms with van der Waals surface area (Å²) in [5, 5.41) is 0. The molecule has 0 N–H and O–H groups in total. The van der Waals surface area contributed by atoms with Crippen molar-refractivity contribution in [1.29, 1.82) is 0 Å². The molecule has 0 nitrogen and oxygen atoms in total. The molecule has 0 aliphatic rings. The number of alkyl halides is 2. The van der Waals surface area contributed by atoms with E-state index in [9.17, 15) is 0 Å². The fourth-order valence-corrected chi connectivity index (χ4v) is 1.05. The van der Waals surface area contributed by atoms with Gasteiger partial charge in [0.1, 0.15) is 4.84 Å². The Kier molecular flexibility index (Phi) is 5.05. The fourth-order valence-electron chi connectivity index (χ4n) is 0.172. The molecule has 0 amide bonds. The lowest BCUT2D eigenvalue weighted by Crippen LogP contribution is -1.90. The van der Waals surface area contributed by atoms with Crippen molar-refractivity contribution in [2.24, 2.45) is 0 Å². The van der Waals surface area contributed by atoms with Crippen LogP contribution < -0.4 is 0 Å². The average molecular weight is 153 g/mol. The molecule has 0 atom stereocenters. The molecule has 0 fully saturated rings. The van der Waals surface area contributed by atoms with Crippen LogP contribution in [0.3, 0.4) is 0 Å². The van der Waals surface area contributed by atoms with E-state index >= 15 is 0 Å². The molecular formula is C4H6Cl2Si. The maximum absolute atomic E-state index is 5.38. The van der Waals surface area contributed by atoms with Gasteiger partial charge in [0.25, 0.3) is 0 Å². The van der Waals surface area contributed by atoms with E-state index in [1.807, 2.05) is 5.70 Å². The molecule has 2 radical (unpaired) electrons. The van der Waals surface area contributed by atoms with Gasteiger partial charge in [0, 0.05) is 0 Å². The lowest BCUT2D eigenvalue weighted by molar-refractivity contribution is 1.36. The van der Waals surface area contributed by atoms with Crippen molar-refractivity contribution in [3.8, 4) is 0 Å². The van der Waals surface area contributed by atoms with E-state index in [-0.39, 0.29) is 4.84 Å². The first-order valence-corrected chi connectivity index (χ1v) is 4.05. The van der Waals surface area contributed by atoms with E-state index < -0.39 is 0 Å². The summed E-state index contributed by atoms with van der Waals surface area (Å²) in [5.74, 6) is 0. The topological polar surface area (TPSA) is 0 Å². The number of halogens is 2. The SMILES string of the molecule is C=C[Si]CC(Cl)Cl. The van der Waals surface area contributed by atoms with Crippen molar-refractivity contribution in [2.45, 2.75) is 10.9 Å². The molecule has 0 heterocycles. The molecule has 3 heteroatoms. The van der Waals surface area contributed by atoms with Crippen LogP contribution in [-0.4, -0.2) is 14.4 Å². The summed E-state index contributed by atoms with van der Waals surface area (Å²) in [7, 11) is 0.695. The molecule has 0 aromatic carbocycles. The summed E-state index contributed by atoms with van der Waals surface area (Å²) in [4.78, 5) is -0.212. The highest BCUT2D eigenvalue weighted by Crippen LogP contribution is 2.05. The van der Waals surface area contributed by atoms with Gasteiger partial charge < -0.3 is 0 Å². The monoisotopic (exact) mass is 152 g/mol. The zero-order valence-corrected chi connectivity index (χ0v) is 6.34. The normalized spacial score (nSPS) is 9.57. The van der Waals surface area contributed by atoms with Gasteiger partial charge in [-0.05, 0) is 6.04 Å². The molecule has 0 aliphatic heterocycles. The molecule has 40 valence electrons. The van der Waals surface area contributed by atoms with E-state index in [1.54, 1.807) is 0 Å². The largest absolute Gasteiger partial charge is 0.107 e. The van der Waals surface area contributed by atoms with Gasteiger partial charge in [-0.25, -0.2) is 0 Å². The lowest BCUT2D eigenvalue weighted by atomic mass is 10.9. The van der Waals surface area contributed by atoms with Gasteiger partial charge in [0.15, 0.2) is 0 Å². The standard InChI is InChI=1S/C4H6Cl2Si/c1-2-7-3-4(5)6/h2,4H,1,3H2. The highest BCUT2D eigenvalue weighted by Gasteiger charge is 1.93. The van der Waals surface area contributed by atoms with Crippen LogP contribution in [0.15, 0.2) is 12.3 Å². The number of hydrogen-bond donors (Lipinski definition) is 0. The predicted molar refractivity (Wildman–Crippen MR) is 36.3 cm³/mol. The summed E-state index contributed by atoms with van der Waals surface area (Å²) < 4.78 is 0. The van der Waals surface area contributed by atoms with Crippen LogP contribution in [-0.2, 0) is 0 Å². The van der Waals surface area contributed by atoms with E-state index in [2.05, 4.69) is 6.58 Å². The Morgan fingerprint density at radius 1 is 1.71 bits per heavy atom. The fraction of sp³-hybridized carbons (Fsp3) is 0.500. The third kappa shape index (κ3) is 6.54. The van der Waals surface area contributed by atoms with E-state index in [1.165, 1.54) is 0 Å². The Morgan fingerprint density at radius 3 is 2.43 bits per heavy atom. The second-order valence-electron chi connectivity index (χ2n) is 1.00. The summed E-state index contributed by atoms with van der Waals surface area (Å²) in [6.45, 7) is 3.53. The smallest absolute Gasteiger partial charge is 0.105 e. The maximum Gasteiger partial charge on any atom is 0.105 e. The Bertz CT molecular complexity index is 53.7. The minimum Gasteiger partial charge on any atom is -0.107 e. The van der Waals surface area contributed by atoms with Crippen LogP contribution in [0.2, 0.25) is 6.04 Å². The Balaban J connectivity index is 2.81. The molecule has 0 unspecified atom stereocenters. The van der Waals surface area contributed by atoms with Gasteiger partial charge >= 0.3 is 0 Å². The van der Waals surface area contributed by atoms with E-state index in [4.69, 9.17) is 23.2 Å². The molecule has 0 saturated carbocycles. The minimum atomic E-state index is -0.212. The van der Waals surface area contributed by atoms with Gasteiger partial charge in [0.2, 0.25) is 0 Å². The Morgan fingerprint density at radius 2 is 2.29 bits per heavy atom. The molecular weight excluding hydrogens is 147 g/mol.